The fourth-order valence-corrected chi connectivity index (χ4v) is 5.95. The number of carboxylic acid groups (broad SMARTS) is 1. The minimum Gasteiger partial charge on any atom is -0.488 e. The van der Waals surface area contributed by atoms with Crippen LogP contribution < -0.4 is 4.74 Å². The summed E-state index contributed by atoms with van der Waals surface area (Å²) in [6.45, 7) is 6.34. The largest absolute Gasteiger partial charge is 0.488 e. The highest BCUT2D eigenvalue weighted by Gasteiger charge is 2.34. The van der Waals surface area contributed by atoms with Crippen molar-refractivity contribution in [2.75, 3.05) is 13.1 Å². The molecule has 1 unspecified atom stereocenters. The second-order valence-corrected chi connectivity index (χ2v) is 11.7. The number of halogens is 1. The lowest BCUT2D eigenvalue weighted by Crippen LogP contribution is -2.28. The van der Waals surface area contributed by atoms with Gasteiger partial charge in [-0.1, -0.05) is 11.6 Å². The molecule has 176 valence electrons. The molecule has 1 aromatic heterocycles. The summed E-state index contributed by atoms with van der Waals surface area (Å²) < 4.78 is 35.5. The molecule has 0 radical (unpaired) electrons. The predicted octanol–water partition coefficient (Wildman–Crippen LogP) is 4.73. The summed E-state index contributed by atoms with van der Waals surface area (Å²) in [4.78, 5) is 11.5. The van der Waals surface area contributed by atoms with Gasteiger partial charge >= 0.3 is 5.97 Å². The first-order valence-electron chi connectivity index (χ1n) is 10.7. The van der Waals surface area contributed by atoms with Crippen LogP contribution in [0, 0.1) is 0 Å². The van der Waals surface area contributed by atoms with E-state index in [9.17, 15) is 18.3 Å². The first-order chi connectivity index (χ1) is 15.4. The van der Waals surface area contributed by atoms with Crippen molar-refractivity contribution in [2.45, 2.75) is 50.2 Å². The summed E-state index contributed by atoms with van der Waals surface area (Å²) in [5, 5.41) is 10.7. The number of hydrogen-bond acceptors (Lipinski definition) is 4. The molecule has 1 aliphatic heterocycles. The van der Waals surface area contributed by atoms with Crippen molar-refractivity contribution in [3.05, 3.63) is 59.2 Å². The van der Waals surface area contributed by atoms with Gasteiger partial charge in [0.1, 0.15) is 17.9 Å². The van der Waals surface area contributed by atoms with Crippen LogP contribution in [-0.4, -0.2) is 47.1 Å². The van der Waals surface area contributed by atoms with Crippen LogP contribution in [0.1, 0.15) is 38.7 Å². The minimum absolute atomic E-state index is 0.0562. The number of carboxylic acids is 1. The van der Waals surface area contributed by atoms with Gasteiger partial charge in [0.05, 0.1) is 4.90 Å². The van der Waals surface area contributed by atoms with E-state index in [1.54, 1.807) is 41.0 Å². The number of fused-ring (bicyclic) bond motifs is 1. The van der Waals surface area contributed by atoms with Gasteiger partial charge < -0.3 is 14.4 Å². The Morgan fingerprint density at radius 3 is 2.52 bits per heavy atom. The van der Waals surface area contributed by atoms with Crippen LogP contribution in [0.4, 0.5) is 0 Å². The SMILES string of the molecule is CC(C)(C)Oc1ccc(S(=O)(=O)N2CCC(c3cn(CC(=O)O)c4ccc(Cl)cc34)C2)cc1. The van der Waals surface area contributed by atoms with Crippen LogP contribution in [0.15, 0.2) is 53.6 Å². The van der Waals surface area contributed by atoms with Crippen molar-refractivity contribution in [1.29, 1.82) is 0 Å². The quantitative estimate of drug-likeness (QED) is 0.539. The maximum Gasteiger partial charge on any atom is 0.323 e. The van der Waals surface area contributed by atoms with E-state index < -0.39 is 16.0 Å². The molecule has 2 heterocycles. The van der Waals surface area contributed by atoms with Crippen molar-refractivity contribution in [1.82, 2.24) is 8.87 Å². The fourth-order valence-electron chi connectivity index (χ4n) is 4.28. The standard InChI is InChI=1S/C24H27ClN2O5S/c1-24(2,3)32-18-5-7-19(8-6-18)33(30,31)27-11-10-16(13-27)21-14-26(15-23(28)29)22-9-4-17(25)12-20(21)22/h4-9,12,14,16H,10-11,13,15H2,1-3H3,(H,28,29). The van der Waals surface area contributed by atoms with Crippen molar-refractivity contribution in [3.63, 3.8) is 0 Å². The third-order valence-electron chi connectivity index (χ3n) is 5.66. The van der Waals surface area contributed by atoms with E-state index in [1.807, 2.05) is 33.0 Å². The molecule has 0 amide bonds. The van der Waals surface area contributed by atoms with Gasteiger partial charge in [-0.15, -0.1) is 0 Å². The van der Waals surface area contributed by atoms with Gasteiger partial charge in [-0.2, -0.15) is 4.31 Å². The zero-order chi connectivity index (χ0) is 24.0. The zero-order valence-electron chi connectivity index (χ0n) is 18.8. The summed E-state index contributed by atoms with van der Waals surface area (Å²) in [5.74, 6) is -0.383. The molecule has 9 heteroatoms. The van der Waals surface area contributed by atoms with E-state index in [1.165, 1.54) is 4.31 Å². The molecule has 2 aromatic carbocycles. The molecule has 7 nitrogen and oxygen atoms in total. The third-order valence-corrected chi connectivity index (χ3v) is 7.77. The molecule has 3 aromatic rings. The Kier molecular flexibility index (Phi) is 6.20. The van der Waals surface area contributed by atoms with Crippen molar-refractivity contribution < 1.29 is 23.1 Å². The van der Waals surface area contributed by atoms with Crippen molar-refractivity contribution >= 4 is 38.5 Å². The summed E-state index contributed by atoms with van der Waals surface area (Å²) in [5.41, 5.74) is 1.32. The van der Waals surface area contributed by atoms with Gasteiger partial charge in [-0.3, -0.25) is 4.79 Å². The van der Waals surface area contributed by atoms with Crippen LogP contribution in [0.25, 0.3) is 10.9 Å². The normalized spacial score (nSPS) is 17.5. The monoisotopic (exact) mass is 490 g/mol. The first kappa shape index (κ1) is 23.6. The highest BCUT2D eigenvalue weighted by Crippen LogP contribution is 2.37. The number of aromatic nitrogens is 1. The number of carbonyl (C=O) groups is 1. The Bertz CT molecular complexity index is 1290. The van der Waals surface area contributed by atoms with Gasteiger partial charge in [0.2, 0.25) is 10.0 Å². The number of nitrogens with zero attached hydrogens (tertiary/aromatic N) is 2. The topological polar surface area (TPSA) is 88.8 Å². The Balaban J connectivity index is 1.59. The molecule has 0 spiro atoms. The van der Waals surface area contributed by atoms with Crippen LogP contribution in [0.5, 0.6) is 5.75 Å². The number of ether oxygens (including phenoxy) is 1. The summed E-state index contributed by atoms with van der Waals surface area (Å²) in [6, 6.07) is 11.8. The maximum absolute atomic E-state index is 13.3. The Labute approximate surface area is 198 Å². The number of hydrogen-bond donors (Lipinski definition) is 1. The first-order valence-corrected chi connectivity index (χ1v) is 12.6. The van der Waals surface area contributed by atoms with Crippen LogP contribution in [-0.2, 0) is 21.4 Å². The Hall–Kier alpha value is -2.55. The van der Waals surface area contributed by atoms with Gasteiger partial charge in [0.25, 0.3) is 0 Å². The highest BCUT2D eigenvalue weighted by atomic mass is 35.5. The van der Waals surface area contributed by atoms with Crippen molar-refractivity contribution in [3.8, 4) is 5.75 Å². The predicted molar refractivity (Wildman–Crippen MR) is 128 cm³/mol. The maximum atomic E-state index is 13.3. The number of benzene rings is 2. The minimum atomic E-state index is -3.66. The van der Waals surface area contributed by atoms with Gasteiger partial charge in [-0.05, 0) is 75.2 Å². The van der Waals surface area contributed by atoms with E-state index in [0.29, 0.717) is 30.3 Å². The van der Waals surface area contributed by atoms with Crippen LogP contribution in [0.3, 0.4) is 0 Å². The summed E-state index contributed by atoms with van der Waals surface area (Å²) in [7, 11) is -3.66. The number of rotatable bonds is 6. The summed E-state index contributed by atoms with van der Waals surface area (Å²) >= 11 is 6.20. The molecule has 1 fully saturated rings. The molecule has 0 saturated carbocycles. The second-order valence-electron chi connectivity index (χ2n) is 9.30. The van der Waals surface area contributed by atoms with Crippen LogP contribution >= 0.6 is 11.6 Å². The molecule has 0 aliphatic carbocycles. The zero-order valence-corrected chi connectivity index (χ0v) is 20.4. The fraction of sp³-hybridized carbons (Fsp3) is 0.375. The lowest BCUT2D eigenvalue weighted by Gasteiger charge is -2.22. The Morgan fingerprint density at radius 1 is 1.18 bits per heavy atom. The molecular weight excluding hydrogens is 464 g/mol. The van der Waals surface area contributed by atoms with E-state index in [4.69, 9.17) is 16.3 Å². The summed E-state index contributed by atoms with van der Waals surface area (Å²) in [6.07, 6.45) is 2.46. The average molecular weight is 491 g/mol. The Morgan fingerprint density at radius 2 is 1.88 bits per heavy atom. The van der Waals surface area contributed by atoms with Gasteiger partial charge in [0.15, 0.2) is 0 Å². The average Bonchev–Trinajstić information content (AvgIpc) is 3.32. The number of aliphatic carboxylic acids is 1. The second kappa shape index (κ2) is 8.66. The van der Waals surface area contributed by atoms with E-state index in [2.05, 4.69) is 0 Å². The lowest BCUT2D eigenvalue weighted by molar-refractivity contribution is -0.137. The molecule has 1 saturated heterocycles. The molecule has 4 rings (SSSR count). The lowest BCUT2D eigenvalue weighted by atomic mass is 9.98. The van der Waals surface area contributed by atoms with E-state index in [-0.39, 0.29) is 23.0 Å². The third kappa shape index (κ3) is 5.03. The molecular formula is C24H27ClN2O5S. The van der Waals surface area contributed by atoms with Crippen molar-refractivity contribution in [2.24, 2.45) is 0 Å². The molecule has 1 N–H and O–H groups in total. The highest BCUT2D eigenvalue weighted by molar-refractivity contribution is 7.89. The van der Waals surface area contributed by atoms with Crippen LogP contribution in [0.2, 0.25) is 5.02 Å². The van der Waals surface area contributed by atoms with E-state index >= 15 is 0 Å². The molecule has 0 bridgehead atoms. The van der Waals surface area contributed by atoms with Gasteiger partial charge in [0, 0.05) is 41.1 Å². The van der Waals surface area contributed by atoms with Gasteiger partial charge in [-0.25, -0.2) is 8.42 Å². The molecule has 1 aliphatic rings. The molecule has 33 heavy (non-hydrogen) atoms. The molecule has 1 atom stereocenters. The smallest absolute Gasteiger partial charge is 0.323 e. The van der Waals surface area contributed by atoms with E-state index in [0.717, 1.165) is 16.5 Å². The number of sulfonamides is 1.